The number of hydrogen-bond donors (Lipinski definition) is 1. The van der Waals surface area contributed by atoms with Gasteiger partial charge >= 0.3 is 6.18 Å². The van der Waals surface area contributed by atoms with Crippen LogP contribution in [0.2, 0.25) is 5.02 Å². The van der Waals surface area contributed by atoms with Crippen molar-refractivity contribution in [2.45, 2.75) is 19.7 Å². The van der Waals surface area contributed by atoms with E-state index in [0.29, 0.717) is 25.1 Å². The largest absolute Gasteiger partial charge is 0.417 e. The number of ether oxygens (including phenoxy) is 1. The molecule has 0 unspecified atom stereocenters. The Balaban J connectivity index is 1.81. The molecule has 0 aliphatic rings. The zero-order valence-corrected chi connectivity index (χ0v) is 16.0. The number of anilines is 2. The highest BCUT2D eigenvalue weighted by atomic mass is 35.5. The molecule has 10 heteroatoms. The molecular formula is C19H16ClF3N4O2. The summed E-state index contributed by atoms with van der Waals surface area (Å²) < 4.78 is 44.1. The maximum Gasteiger partial charge on any atom is 0.417 e. The molecule has 6 nitrogen and oxygen atoms in total. The van der Waals surface area contributed by atoms with Crippen molar-refractivity contribution in [3.05, 3.63) is 75.3 Å². The molecule has 0 aliphatic carbocycles. The monoisotopic (exact) mass is 424 g/mol. The summed E-state index contributed by atoms with van der Waals surface area (Å²) in [6.07, 6.45) is -2.59. The summed E-state index contributed by atoms with van der Waals surface area (Å²) in [7, 11) is 0. The molecule has 0 radical (unpaired) electrons. The van der Waals surface area contributed by atoms with Gasteiger partial charge in [-0.3, -0.25) is 4.79 Å². The minimum atomic E-state index is -4.52. The number of hydrogen-bond acceptors (Lipinski definition) is 5. The van der Waals surface area contributed by atoms with Gasteiger partial charge in [0.25, 0.3) is 5.56 Å². The third-order valence-electron chi connectivity index (χ3n) is 3.92. The molecule has 2 heterocycles. The number of halogens is 4. The molecular weight excluding hydrogens is 409 g/mol. The summed E-state index contributed by atoms with van der Waals surface area (Å²) in [6.45, 7) is 3.02. The average Bonchev–Trinajstić information content (AvgIpc) is 2.70. The van der Waals surface area contributed by atoms with Gasteiger partial charge < -0.3 is 10.1 Å². The molecule has 1 aromatic carbocycles. The Morgan fingerprint density at radius 2 is 1.86 bits per heavy atom. The Labute approximate surface area is 168 Å². The summed E-state index contributed by atoms with van der Waals surface area (Å²) in [5.74, 6) is -0.0725. The third-order valence-corrected chi connectivity index (χ3v) is 4.28. The van der Waals surface area contributed by atoms with Gasteiger partial charge in [0, 0.05) is 18.5 Å². The normalized spacial score (nSPS) is 11.5. The van der Waals surface area contributed by atoms with Crippen LogP contribution in [-0.2, 0) is 17.5 Å². The molecule has 0 saturated carbocycles. The molecule has 0 atom stereocenters. The van der Waals surface area contributed by atoms with Crippen molar-refractivity contribution in [1.29, 1.82) is 0 Å². The van der Waals surface area contributed by atoms with E-state index < -0.39 is 17.3 Å². The van der Waals surface area contributed by atoms with E-state index in [1.54, 1.807) is 12.1 Å². The van der Waals surface area contributed by atoms with Gasteiger partial charge in [-0.25, -0.2) is 4.98 Å². The lowest BCUT2D eigenvalue weighted by atomic mass is 10.2. The highest BCUT2D eigenvalue weighted by Crippen LogP contribution is 2.28. The van der Waals surface area contributed by atoms with Crippen molar-refractivity contribution in [2.24, 2.45) is 0 Å². The smallest absolute Gasteiger partial charge is 0.377 e. The van der Waals surface area contributed by atoms with Crippen LogP contribution in [0.4, 0.5) is 24.5 Å². The Morgan fingerprint density at radius 1 is 1.14 bits per heavy atom. The van der Waals surface area contributed by atoms with Crippen LogP contribution in [0, 0.1) is 0 Å². The van der Waals surface area contributed by atoms with Crippen molar-refractivity contribution in [2.75, 3.05) is 11.9 Å². The second-order valence-corrected chi connectivity index (χ2v) is 6.33. The highest BCUT2D eigenvalue weighted by molar-refractivity contribution is 6.33. The summed E-state index contributed by atoms with van der Waals surface area (Å²) >= 11 is 6.14. The van der Waals surface area contributed by atoms with Gasteiger partial charge in [-0.15, -0.1) is 0 Å². The molecule has 0 saturated heterocycles. The zero-order chi connectivity index (χ0) is 21.0. The van der Waals surface area contributed by atoms with E-state index in [0.717, 1.165) is 22.4 Å². The second-order valence-electron chi connectivity index (χ2n) is 5.95. The molecule has 3 aromatic rings. The molecule has 3 rings (SSSR count). The van der Waals surface area contributed by atoms with Crippen molar-refractivity contribution in [3.63, 3.8) is 0 Å². The minimum absolute atomic E-state index is 0.0725. The number of alkyl halides is 3. The van der Waals surface area contributed by atoms with Crippen LogP contribution >= 0.6 is 11.6 Å². The van der Waals surface area contributed by atoms with E-state index in [-0.39, 0.29) is 16.5 Å². The predicted molar refractivity (Wildman–Crippen MR) is 103 cm³/mol. The number of pyridine rings is 1. The van der Waals surface area contributed by atoms with Crippen LogP contribution < -0.4 is 10.9 Å². The fraction of sp³-hybridized carbons (Fsp3) is 0.211. The van der Waals surface area contributed by atoms with Crippen LogP contribution in [0.3, 0.4) is 0 Å². The van der Waals surface area contributed by atoms with E-state index in [1.165, 1.54) is 6.20 Å². The topological polar surface area (TPSA) is 69.0 Å². The van der Waals surface area contributed by atoms with Crippen molar-refractivity contribution >= 4 is 23.0 Å². The summed E-state index contributed by atoms with van der Waals surface area (Å²) in [5.41, 5.74) is 0.296. The number of nitrogens with one attached hydrogen (secondary N) is 1. The maximum atomic E-state index is 12.7. The summed E-state index contributed by atoms with van der Waals surface area (Å²) in [6, 6.07) is 9.21. The van der Waals surface area contributed by atoms with Crippen molar-refractivity contribution in [3.8, 4) is 5.82 Å². The van der Waals surface area contributed by atoms with Crippen LogP contribution in [0.5, 0.6) is 0 Å². The Bertz CT molecular complexity index is 1040. The van der Waals surface area contributed by atoms with Gasteiger partial charge in [-0.1, -0.05) is 23.7 Å². The lowest BCUT2D eigenvalue weighted by Crippen LogP contribution is -2.23. The third kappa shape index (κ3) is 4.93. The van der Waals surface area contributed by atoms with Gasteiger partial charge in [-0.2, -0.15) is 23.0 Å². The van der Waals surface area contributed by atoms with Gasteiger partial charge in [-0.05, 0) is 36.8 Å². The molecule has 0 spiro atoms. The highest BCUT2D eigenvalue weighted by Gasteiger charge is 2.30. The molecule has 0 amide bonds. The van der Waals surface area contributed by atoms with Crippen LogP contribution in [0.25, 0.3) is 5.82 Å². The van der Waals surface area contributed by atoms with Gasteiger partial charge in [0.1, 0.15) is 5.02 Å². The first-order valence-corrected chi connectivity index (χ1v) is 8.92. The van der Waals surface area contributed by atoms with Crippen molar-refractivity contribution < 1.29 is 17.9 Å². The number of nitrogens with zero attached hydrogens (tertiary/aromatic N) is 3. The number of benzene rings is 1. The van der Waals surface area contributed by atoms with E-state index in [4.69, 9.17) is 16.3 Å². The molecule has 0 fully saturated rings. The molecule has 0 aliphatic heterocycles. The zero-order valence-electron chi connectivity index (χ0n) is 15.2. The first-order chi connectivity index (χ1) is 13.8. The average molecular weight is 425 g/mol. The molecule has 152 valence electrons. The first kappa shape index (κ1) is 20.8. The Morgan fingerprint density at radius 3 is 2.45 bits per heavy atom. The predicted octanol–water partition coefficient (Wildman–Crippen LogP) is 4.58. The van der Waals surface area contributed by atoms with Crippen LogP contribution in [0.15, 0.2) is 53.6 Å². The lowest BCUT2D eigenvalue weighted by Gasteiger charge is -2.11. The number of rotatable bonds is 6. The quantitative estimate of drug-likeness (QED) is 0.627. The number of aromatic nitrogens is 3. The van der Waals surface area contributed by atoms with E-state index >= 15 is 0 Å². The summed E-state index contributed by atoms with van der Waals surface area (Å²) in [4.78, 5) is 16.1. The van der Waals surface area contributed by atoms with Gasteiger partial charge in [0.05, 0.1) is 24.1 Å². The van der Waals surface area contributed by atoms with Crippen LogP contribution in [0.1, 0.15) is 18.1 Å². The minimum Gasteiger partial charge on any atom is -0.377 e. The van der Waals surface area contributed by atoms with Crippen LogP contribution in [-0.4, -0.2) is 21.4 Å². The maximum absolute atomic E-state index is 12.7. The lowest BCUT2D eigenvalue weighted by molar-refractivity contribution is -0.137. The first-order valence-electron chi connectivity index (χ1n) is 8.54. The molecule has 29 heavy (non-hydrogen) atoms. The second kappa shape index (κ2) is 8.62. The van der Waals surface area contributed by atoms with E-state index in [1.807, 2.05) is 19.1 Å². The van der Waals surface area contributed by atoms with Gasteiger partial charge in [0.15, 0.2) is 5.82 Å². The Kier molecular flexibility index (Phi) is 6.19. The molecule has 2 aromatic heterocycles. The van der Waals surface area contributed by atoms with Crippen molar-refractivity contribution in [1.82, 2.24) is 14.8 Å². The molecule has 0 bridgehead atoms. The fourth-order valence-corrected chi connectivity index (χ4v) is 2.60. The van der Waals surface area contributed by atoms with E-state index in [2.05, 4.69) is 15.4 Å². The molecule has 1 N–H and O–H groups in total. The van der Waals surface area contributed by atoms with Gasteiger partial charge in [0.2, 0.25) is 0 Å². The summed E-state index contributed by atoms with van der Waals surface area (Å²) in [5, 5.41) is 6.77. The standard InChI is InChI=1S/C19H16ClF3N4O2/c1-2-29-11-12-3-6-14(7-4-12)26-15-10-25-27(18(28)17(15)20)16-8-5-13(9-24-16)19(21,22)23/h3-10,26H,2,11H2,1H3. The SMILES string of the molecule is CCOCc1ccc(Nc2cnn(-c3ccc(C(F)(F)F)cn3)c(=O)c2Cl)cc1. The van der Waals surface area contributed by atoms with E-state index in [9.17, 15) is 18.0 Å². The fourth-order valence-electron chi connectivity index (χ4n) is 2.42. The Hall–Kier alpha value is -2.91.